The molecule has 6 heteroatoms. The molecule has 1 aliphatic rings. The van der Waals surface area contributed by atoms with Gasteiger partial charge in [-0.1, -0.05) is 29.8 Å². The first-order valence-electron chi connectivity index (χ1n) is 7.92. The number of hydrogen-bond acceptors (Lipinski definition) is 3. The Hall–Kier alpha value is -1.75. The summed E-state index contributed by atoms with van der Waals surface area (Å²) in [5.41, 5.74) is 2.02. The third-order valence-corrected chi connectivity index (χ3v) is 4.41. The SMILES string of the molecule is Cl.Clc1ccc2c(c1)c(OC1CCNCC1)nn2-c1ccccc1. The van der Waals surface area contributed by atoms with Crippen LogP contribution in [-0.4, -0.2) is 29.0 Å². The van der Waals surface area contributed by atoms with Crippen LogP contribution in [0.3, 0.4) is 0 Å². The molecule has 126 valence electrons. The number of benzene rings is 2. The van der Waals surface area contributed by atoms with Crippen molar-refractivity contribution in [2.75, 3.05) is 13.1 Å². The van der Waals surface area contributed by atoms with Crippen LogP contribution in [0.1, 0.15) is 12.8 Å². The van der Waals surface area contributed by atoms with Crippen molar-refractivity contribution in [2.45, 2.75) is 18.9 Å². The van der Waals surface area contributed by atoms with Crippen molar-refractivity contribution < 1.29 is 4.74 Å². The van der Waals surface area contributed by atoms with Crippen molar-refractivity contribution in [3.63, 3.8) is 0 Å². The number of fused-ring (bicyclic) bond motifs is 1. The minimum atomic E-state index is 0. The molecule has 0 radical (unpaired) electrons. The number of para-hydroxylation sites is 1. The third kappa shape index (κ3) is 3.36. The van der Waals surface area contributed by atoms with Crippen LogP contribution in [-0.2, 0) is 0 Å². The van der Waals surface area contributed by atoms with Crippen molar-refractivity contribution >= 4 is 34.9 Å². The highest BCUT2D eigenvalue weighted by molar-refractivity contribution is 6.31. The molecule has 3 aromatic rings. The van der Waals surface area contributed by atoms with Gasteiger partial charge in [0.1, 0.15) is 6.10 Å². The average molecular weight is 364 g/mol. The van der Waals surface area contributed by atoms with Gasteiger partial charge in [0.25, 0.3) is 0 Å². The van der Waals surface area contributed by atoms with E-state index in [1.165, 1.54) is 0 Å². The van der Waals surface area contributed by atoms with Crippen molar-refractivity contribution in [1.29, 1.82) is 0 Å². The lowest BCUT2D eigenvalue weighted by Crippen LogP contribution is -2.34. The minimum Gasteiger partial charge on any atom is -0.473 e. The van der Waals surface area contributed by atoms with Crippen LogP contribution in [0.25, 0.3) is 16.6 Å². The second-order valence-electron chi connectivity index (χ2n) is 5.78. The van der Waals surface area contributed by atoms with E-state index in [4.69, 9.17) is 21.4 Å². The molecule has 0 saturated carbocycles. The summed E-state index contributed by atoms with van der Waals surface area (Å²) < 4.78 is 8.11. The van der Waals surface area contributed by atoms with E-state index >= 15 is 0 Å². The number of nitrogens with one attached hydrogen (secondary N) is 1. The molecule has 2 heterocycles. The fraction of sp³-hybridized carbons (Fsp3) is 0.278. The highest BCUT2D eigenvalue weighted by Gasteiger charge is 2.19. The van der Waals surface area contributed by atoms with Gasteiger partial charge in [0.2, 0.25) is 5.88 Å². The molecule has 1 N–H and O–H groups in total. The maximum Gasteiger partial charge on any atom is 0.241 e. The monoisotopic (exact) mass is 363 g/mol. The Bertz CT molecular complexity index is 814. The molecule has 0 spiro atoms. The molecular formula is C18H19Cl2N3O. The van der Waals surface area contributed by atoms with Gasteiger partial charge in [-0.2, -0.15) is 0 Å². The highest BCUT2D eigenvalue weighted by atomic mass is 35.5. The minimum absolute atomic E-state index is 0. The van der Waals surface area contributed by atoms with Crippen LogP contribution in [0, 0.1) is 0 Å². The van der Waals surface area contributed by atoms with Crippen LogP contribution < -0.4 is 10.1 Å². The number of halogens is 2. The fourth-order valence-corrected chi connectivity index (χ4v) is 3.16. The van der Waals surface area contributed by atoms with Gasteiger partial charge in [-0.05, 0) is 56.3 Å². The fourth-order valence-electron chi connectivity index (χ4n) is 2.99. The van der Waals surface area contributed by atoms with Gasteiger partial charge in [0.15, 0.2) is 0 Å². The Morgan fingerprint density at radius 1 is 1.08 bits per heavy atom. The highest BCUT2D eigenvalue weighted by Crippen LogP contribution is 2.31. The second-order valence-corrected chi connectivity index (χ2v) is 6.22. The largest absolute Gasteiger partial charge is 0.473 e. The van der Waals surface area contributed by atoms with E-state index in [0.717, 1.165) is 42.5 Å². The Morgan fingerprint density at radius 3 is 2.58 bits per heavy atom. The lowest BCUT2D eigenvalue weighted by Gasteiger charge is -2.22. The van der Waals surface area contributed by atoms with E-state index in [9.17, 15) is 0 Å². The van der Waals surface area contributed by atoms with Gasteiger partial charge in [-0.3, -0.25) is 0 Å². The number of nitrogens with zero attached hydrogens (tertiary/aromatic N) is 2. The Kier molecular flexibility index (Phi) is 5.29. The lowest BCUT2D eigenvalue weighted by atomic mass is 10.1. The summed E-state index contributed by atoms with van der Waals surface area (Å²) in [5.74, 6) is 0.665. The Labute approximate surface area is 152 Å². The van der Waals surface area contributed by atoms with E-state index in [2.05, 4.69) is 5.32 Å². The Morgan fingerprint density at radius 2 is 1.83 bits per heavy atom. The number of hydrogen-bond donors (Lipinski definition) is 1. The lowest BCUT2D eigenvalue weighted by molar-refractivity contribution is 0.157. The molecule has 1 saturated heterocycles. The molecular weight excluding hydrogens is 345 g/mol. The van der Waals surface area contributed by atoms with Crippen LogP contribution in [0.15, 0.2) is 48.5 Å². The summed E-state index contributed by atoms with van der Waals surface area (Å²) >= 11 is 6.19. The predicted octanol–water partition coefficient (Wildman–Crippen LogP) is 4.23. The van der Waals surface area contributed by atoms with Gasteiger partial charge in [-0.25, -0.2) is 4.68 Å². The van der Waals surface area contributed by atoms with E-state index in [0.29, 0.717) is 10.9 Å². The molecule has 24 heavy (non-hydrogen) atoms. The van der Waals surface area contributed by atoms with Crippen LogP contribution in [0.5, 0.6) is 5.88 Å². The van der Waals surface area contributed by atoms with E-state index in [1.807, 2.05) is 53.2 Å². The summed E-state index contributed by atoms with van der Waals surface area (Å²) in [6.07, 6.45) is 2.21. The zero-order valence-corrected chi connectivity index (χ0v) is 14.7. The van der Waals surface area contributed by atoms with Crippen molar-refractivity contribution in [3.05, 3.63) is 53.6 Å². The molecule has 4 rings (SSSR count). The van der Waals surface area contributed by atoms with Gasteiger partial charge >= 0.3 is 0 Å². The molecule has 0 bridgehead atoms. The summed E-state index contributed by atoms with van der Waals surface area (Å²) in [6, 6.07) is 15.9. The molecule has 0 amide bonds. The predicted molar refractivity (Wildman–Crippen MR) is 99.8 cm³/mol. The first kappa shape index (κ1) is 17.1. The quantitative estimate of drug-likeness (QED) is 0.756. The number of ether oxygens (including phenoxy) is 1. The van der Waals surface area contributed by atoms with Crippen LogP contribution in [0.2, 0.25) is 5.02 Å². The standard InChI is InChI=1S/C18H18ClN3O.ClH/c19-13-6-7-17-16(12-13)18(23-15-8-10-20-11-9-15)21-22(17)14-4-2-1-3-5-14;/h1-7,12,15,20H,8-11H2;1H. The van der Waals surface area contributed by atoms with E-state index in [1.54, 1.807) is 0 Å². The molecule has 1 aliphatic heterocycles. The summed E-state index contributed by atoms with van der Waals surface area (Å²) in [6.45, 7) is 1.98. The zero-order chi connectivity index (χ0) is 15.6. The normalized spacial score (nSPS) is 15.2. The summed E-state index contributed by atoms with van der Waals surface area (Å²) in [4.78, 5) is 0. The summed E-state index contributed by atoms with van der Waals surface area (Å²) in [7, 11) is 0. The molecule has 2 aromatic carbocycles. The number of piperidine rings is 1. The topological polar surface area (TPSA) is 39.1 Å². The molecule has 1 fully saturated rings. The first-order valence-corrected chi connectivity index (χ1v) is 8.30. The smallest absolute Gasteiger partial charge is 0.241 e. The van der Waals surface area contributed by atoms with Gasteiger partial charge in [0.05, 0.1) is 16.6 Å². The Balaban J connectivity index is 0.00000169. The van der Waals surface area contributed by atoms with Crippen molar-refractivity contribution in [1.82, 2.24) is 15.1 Å². The first-order chi connectivity index (χ1) is 11.3. The van der Waals surface area contributed by atoms with Gasteiger partial charge in [-0.15, -0.1) is 17.5 Å². The van der Waals surface area contributed by atoms with Gasteiger partial charge < -0.3 is 10.1 Å². The van der Waals surface area contributed by atoms with Crippen LogP contribution in [0.4, 0.5) is 0 Å². The molecule has 1 aromatic heterocycles. The summed E-state index contributed by atoms with van der Waals surface area (Å²) in [5, 5.41) is 9.71. The molecule has 0 aliphatic carbocycles. The maximum atomic E-state index is 6.20. The second kappa shape index (κ2) is 7.43. The van der Waals surface area contributed by atoms with Crippen molar-refractivity contribution in [3.8, 4) is 11.6 Å². The van der Waals surface area contributed by atoms with E-state index < -0.39 is 0 Å². The maximum absolute atomic E-state index is 6.20. The third-order valence-electron chi connectivity index (χ3n) is 4.17. The van der Waals surface area contributed by atoms with Gasteiger partial charge in [0, 0.05) is 5.02 Å². The molecule has 4 nitrogen and oxygen atoms in total. The average Bonchev–Trinajstić information content (AvgIpc) is 2.94. The number of rotatable bonds is 3. The molecule has 0 atom stereocenters. The van der Waals surface area contributed by atoms with E-state index in [-0.39, 0.29) is 18.5 Å². The van der Waals surface area contributed by atoms with Crippen molar-refractivity contribution in [2.24, 2.45) is 0 Å². The molecule has 0 unspecified atom stereocenters. The van der Waals surface area contributed by atoms with Crippen LogP contribution >= 0.6 is 24.0 Å². The zero-order valence-electron chi connectivity index (χ0n) is 13.1. The number of aromatic nitrogens is 2.